The van der Waals surface area contributed by atoms with Crippen LogP contribution in [0.1, 0.15) is 11.4 Å². The molecule has 0 saturated carbocycles. The van der Waals surface area contributed by atoms with Crippen LogP contribution in [0.5, 0.6) is 0 Å². The van der Waals surface area contributed by atoms with Gasteiger partial charge in [0.15, 0.2) is 5.65 Å². The predicted octanol–water partition coefficient (Wildman–Crippen LogP) is 4.43. The largest absolute Gasteiger partial charge is 0.335 e. The summed E-state index contributed by atoms with van der Waals surface area (Å²) in [7, 11) is -2.47. The van der Waals surface area contributed by atoms with Gasteiger partial charge in [-0.1, -0.05) is 18.2 Å². The molecule has 0 aliphatic heterocycles. The van der Waals surface area contributed by atoms with Crippen molar-refractivity contribution >= 4 is 23.6 Å². The molecule has 0 radical (unpaired) electrons. The number of rotatable bonds is 4. The van der Waals surface area contributed by atoms with E-state index in [-0.39, 0.29) is 11.2 Å². The number of hydrogen-bond acceptors (Lipinski definition) is 4. The fourth-order valence-electron chi connectivity index (χ4n) is 3.49. The van der Waals surface area contributed by atoms with Crippen molar-refractivity contribution in [2.75, 3.05) is 13.3 Å². The zero-order chi connectivity index (χ0) is 21.8. The second-order valence-electron chi connectivity index (χ2n) is 7.75. The smallest absolute Gasteiger partial charge is 0.323 e. The summed E-state index contributed by atoms with van der Waals surface area (Å²) in [4.78, 5) is 0. The van der Waals surface area contributed by atoms with Crippen molar-refractivity contribution in [2.45, 2.75) is 5.92 Å². The molecule has 0 unspecified atom stereocenters. The molecule has 0 amide bonds. The molecule has 9 heteroatoms. The molecule has 31 heavy (non-hydrogen) atoms. The van der Waals surface area contributed by atoms with Crippen LogP contribution in [0.15, 0.2) is 73.1 Å². The Labute approximate surface area is 176 Å². The molecule has 156 valence electrons. The number of nitrogens with zero attached hydrogens (tertiary/aromatic N) is 5. The highest BCUT2D eigenvalue weighted by Crippen LogP contribution is 2.36. The standard InChI is InChI=1S/C22H18F2N5OP/c1-31(2,30)18-7-3-5-15(13-18)19-10-11-20-25-26-21(29(20)27-19)22(23,24)16-8-9-17-6-4-12-28(17)14-16/h3-14H,1-2H3. The molecule has 0 bridgehead atoms. The maximum Gasteiger partial charge on any atom is 0.335 e. The van der Waals surface area contributed by atoms with E-state index in [1.807, 2.05) is 6.07 Å². The third kappa shape index (κ3) is 3.33. The van der Waals surface area contributed by atoms with Gasteiger partial charge in [0.05, 0.1) is 5.69 Å². The summed E-state index contributed by atoms with van der Waals surface area (Å²) in [6, 6.07) is 17.1. The van der Waals surface area contributed by atoms with Crippen molar-refractivity contribution < 1.29 is 13.3 Å². The van der Waals surface area contributed by atoms with Crippen molar-refractivity contribution in [1.82, 2.24) is 24.2 Å². The van der Waals surface area contributed by atoms with Crippen molar-refractivity contribution in [3.63, 3.8) is 0 Å². The molecule has 0 atom stereocenters. The van der Waals surface area contributed by atoms with Gasteiger partial charge in [-0.25, -0.2) is 0 Å². The first-order chi connectivity index (χ1) is 14.7. The van der Waals surface area contributed by atoms with Gasteiger partial charge in [0.25, 0.3) is 0 Å². The molecule has 5 aromatic rings. The molecular formula is C22H18F2N5OP. The molecule has 1 aromatic carbocycles. The number of alkyl halides is 2. The van der Waals surface area contributed by atoms with E-state index in [2.05, 4.69) is 15.3 Å². The number of pyridine rings is 1. The first-order valence-electron chi connectivity index (χ1n) is 9.57. The van der Waals surface area contributed by atoms with E-state index in [0.717, 1.165) is 10.0 Å². The molecule has 4 aromatic heterocycles. The lowest BCUT2D eigenvalue weighted by Gasteiger charge is -2.15. The van der Waals surface area contributed by atoms with Crippen LogP contribution in [0.25, 0.3) is 22.4 Å². The molecule has 0 aliphatic rings. The number of benzene rings is 1. The SMILES string of the molecule is CP(C)(=O)c1cccc(-c2ccc3nnc(C(F)(F)c4ccc5cccn5c4)n3n2)c1. The second-order valence-corrected chi connectivity index (χ2v) is 11.0. The molecule has 5 rings (SSSR count). The van der Waals surface area contributed by atoms with Gasteiger partial charge in [0.2, 0.25) is 5.82 Å². The first-order valence-corrected chi connectivity index (χ1v) is 12.2. The lowest BCUT2D eigenvalue weighted by Crippen LogP contribution is -2.21. The zero-order valence-corrected chi connectivity index (χ0v) is 17.7. The van der Waals surface area contributed by atoms with Crippen LogP contribution in [-0.4, -0.2) is 37.5 Å². The summed E-state index contributed by atoms with van der Waals surface area (Å²) < 4.78 is 46.0. The van der Waals surface area contributed by atoms with Crippen LogP contribution < -0.4 is 5.30 Å². The van der Waals surface area contributed by atoms with Gasteiger partial charge in [0, 0.05) is 34.3 Å². The maximum atomic E-state index is 15.4. The normalized spacial score (nSPS) is 12.6. The zero-order valence-electron chi connectivity index (χ0n) is 16.8. The highest BCUT2D eigenvalue weighted by Gasteiger charge is 2.40. The molecule has 6 nitrogen and oxygen atoms in total. The first kappa shape index (κ1) is 19.6. The van der Waals surface area contributed by atoms with E-state index in [9.17, 15) is 4.57 Å². The number of fused-ring (bicyclic) bond motifs is 2. The molecule has 4 heterocycles. The Hall–Kier alpha value is -3.38. The minimum Gasteiger partial charge on any atom is -0.323 e. The lowest BCUT2D eigenvalue weighted by molar-refractivity contribution is 0.0302. The summed E-state index contributed by atoms with van der Waals surface area (Å²) >= 11 is 0. The van der Waals surface area contributed by atoms with E-state index in [1.54, 1.807) is 72.5 Å². The Balaban J connectivity index is 1.63. The van der Waals surface area contributed by atoms with E-state index in [1.165, 1.54) is 12.3 Å². The average Bonchev–Trinajstić information content (AvgIpc) is 3.39. The van der Waals surface area contributed by atoms with Crippen LogP contribution in [0, 0.1) is 0 Å². The minimum atomic E-state index is -3.41. The molecule has 0 spiro atoms. The quantitative estimate of drug-likeness (QED) is 0.390. The third-order valence-corrected chi connectivity index (χ3v) is 6.72. The van der Waals surface area contributed by atoms with E-state index >= 15 is 8.78 Å². The Kier molecular flexibility index (Phi) is 4.31. The summed E-state index contributed by atoms with van der Waals surface area (Å²) in [6.07, 6.45) is 3.09. The summed E-state index contributed by atoms with van der Waals surface area (Å²) in [5.74, 6) is -3.97. The minimum absolute atomic E-state index is 0.211. The van der Waals surface area contributed by atoms with Gasteiger partial charge in [0.1, 0.15) is 7.14 Å². The lowest BCUT2D eigenvalue weighted by atomic mass is 10.1. The Bertz CT molecular complexity index is 1480. The highest BCUT2D eigenvalue weighted by molar-refractivity contribution is 7.70. The van der Waals surface area contributed by atoms with Crippen LogP contribution in [0.4, 0.5) is 8.78 Å². The van der Waals surface area contributed by atoms with Crippen molar-refractivity contribution in [3.05, 3.63) is 84.4 Å². The van der Waals surface area contributed by atoms with Gasteiger partial charge >= 0.3 is 5.92 Å². The fourth-order valence-corrected chi connectivity index (χ4v) is 4.38. The van der Waals surface area contributed by atoms with Crippen molar-refractivity contribution in [3.8, 4) is 11.3 Å². The van der Waals surface area contributed by atoms with Gasteiger partial charge in [-0.3, -0.25) is 0 Å². The maximum absolute atomic E-state index is 15.4. The highest BCUT2D eigenvalue weighted by atomic mass is 31.2. The molecule has 0 fully saturated rings. The Morgan fingerprint density at radius 1 is 0.968 bits per heavy atom. The van der Waals surface area contributed by atoms with Crippen molar-refractivity contribution in [1.29, 1.82) is 0 Å². The van der Waals surface area contributed by atoms with E-state index in [0.29, 0.717) is 16.6 Å². The van der Waals surface area contributed by atoms with Gasteiger partial charge in [-0.15, -0.1) is 10.2 Å². The van der Waals surface area contributed by atoms with Crippen LogP contribution in [0.2, 0.25) is 0 Å². The van der Waals surface area contributed by atoms with E-state index < -0.39 is 18.9 Å². The fraction of sp³-hybridized carbons (Fsp3) is 0.136. The second kappa shape index (κ2) is 6.82. The van der Waals surface area contributed by atoms with E-state index in [4.69, 9.17) is 0 Å². The molecule has 0 aliphatic carbocycles. The van der Waals surface area contributed by atoms with Gasteiger partial charge < -0.3 is 8.97 Å². The predicted molar refractivity (Wildman–Crippen MR) is 116 cm³/mol. The third-order valence-electron chi connectivity index (χ3n) is 5.19. The molecular weight excluding hydrogens is 419 g/mol. The average molecular weight is 437 g/mol. The number of halogens is 2. The van der Waals surface area contributed by atoms with Gasteiger partial charge in [-0.2, -0.15) is 18.4 Å². The van der Waals surface area contributed by atoms with Crippen LogP contribution in [0.3, 0.4) is 0 Å². The van der Waals surface area contributed by atoms with Crippen molar-refractivity contribution in [2.24, 2.45) is 0 Å². The van der Waals surface area contributed by atoms with Gasteiger partial charge in [-0.05, 0) is 55.8 Å². The molecule has 0 saturated heterocycles. The Morgan fingerprint density at radius 3 is 2.61 bits per heavy atom. The number of aromatic nitrogens is 5. The Morgan fingerprint density at radius 2 is 1.81 bits per heavy atom. The van der Waals surface area contributed by atoms with Crippen LogP contribution in [-0.2, 0) is 10.5 Å². The topological polar surface area (TPSA) is 64.6 Å². The number of hydrogen-bond donors (Lipinski definition) is 0. The van der Waals surface area contributed by atoms with Crippen LogP contribution >= 0.6 is 7.14 Å². The summed E-state index contributed by atoms with van der Waals surface area (Å²) in [6.45, 7) is 3.37. The summed E-state index contributed by atoms with van der Waals surface area (Å²) in [5, 5.41) is 12.7. The molecule has 0 N–H and O–H groups in total. The monoisotopic (exact) mass is 437 g/mol. The summed E-state index contributed by atoms with van der Waals surface area (Å²) in [5.41, 5.74) is 1.96.